The lowest BCUT2D eigenvalue weighted by molar-refractivity contribution is 0.475. The fourth-order valence-corrected chi connectivity index (χ4v) is 2.20. The zero-order chi connectivity index (χ0) is 15.2. The number of aromatic nitrogens is 1. The first-order chi connectivity index (χ1) is 10.1. The van der Waals surface area contributed by atoms with Crippen molar-refractivity contribution in [1.29, 1.82) is 0 Å². The first-order valence-corrected chi connectivity index (χ1v) is 7.47. The molecule has 0 saturated heterocycles. The Morgan fingerprint density at radius 1 is 1.33 bits per heavy atom. The monoisotopic (exact) mass is 348 g/mol. The maximum Gasteiger partial charge on any atom is 0.174 e. The van der Waals surface area contributed by atoms with Gasteiger partial charge in [0.1, 0.15) is 11.9 Å². The molecule has 0 amide bonds. The molecule has 1 aromatic heterocycles. The maximum absolute atomic E-state index is 9.58. The molecule has 0 bridgehead atoms. The molecular weight excluding hydrogens is 332 g/mol. The van der Waals surface area contributed by atoms with E-state index in [1.54, 1.807) is 24.4 Å². The molecule has 5 nitrogen and oxygen atoms in total. The predicted molar refractivity (Wildman–Crippen MR) is 87.0 cm³/mol. The van der Waals surface area contributed by atoms with Crippen LogP contribution >= 0.6 is 15.9 Å². The Labute approximate surface area is 132 Å². The molecule has 2 aromatic rings. The zero-order valence-electron chi connectivity index (χ0n) is 11.9. The molecule has 0 aliphatic heterocycles. The molecule has 21 heavy (non-hydrogen) atoms. The van der Waals surface area contributed by atoms with Crippen molar-refractivity contribution in [2.24, 2.45) is 10.2 Å². The zero-order valence-corrected chi connectivity index (χ0v) is 13.5. The standard InChI is InChI=1S/C15H17BrN4O/c1-3-20(13-5-4-6-14(21)9-13)11(2)18-19-15-8-7-12(16)10-17-15/h4-11,21H,3H2,1-2H3. The molecule has 1 atom stereocenters. The Balaban J connectivity index is 2.13. The molecule has 2 rings (SSSR count). The third-order valence-corrected chi connectivity index (χ3v) is 3.46. The topological polar surface area (TPSA) is 61.1 Å². The Bertz CT molecular complexity index is 615. The number of rotatable bonds is 5. The smallest absolute Gasteiger partial charge is 0.174 e. The number of hydrogen-bond acceptors (Lipinski definition) is 5. The van der Waals surface area contributed by atoms with Gasteiger partial charge in [-0.2, -0.15) is 5.11 Å². The summed E-state index contributed by atoms with van der Waals surface area (Å²) >= 11 is 3.33. The lowest BCUT2D eigenvalue weighted by atomic mass is 10.2. The highest BCUT2D eigenvalue weighted by atomic mass is 79.9. The van der Waals surface area contributed by atoms with Gasteiger partial charge < -0.3 is 10.0 Å². The molecule has 0 saturated carbocycles. The van der Waals surface area contributed by atoms with E-state index in [0.29, 0.717) is 5.82 Å². The van der Waals surface area contributed by atoms with E-state index in [1.807, 2.05) is 36.9 Å². The van der Waals surface area contributed by atoms with Crippen LogP contribution in [0.1, 0.15) is 13.8 Å². The summed E-state index contributed by atoms with van der Waals surface area (Å²) in [6.45, 7) is 4.75. The van der Waals surface area contributed by atoms with Crippen molar-refractivity contribution in [3.63, 3.8) is 0 Å². The number of anilines is 1. The van der Waals surface area contributed by atoms with Gasteiger partial charge in [-0.3, -0.25) is 0 Å². The second-order valence-corrected chi connectivity index (χ2v) is 5.40. The lowest BCUT2D eigenvalue weighted by Crippen LogP contribution is -2.31. The van der Waals surface area contributed by atoms with Crippen LogP contribution in [0, 0.1) is 0 Å². The minimum atomic E-state index is -0.151. The van der Waals surface area contributed by atoms with Gasteiger partial charge in [0, 0.05) is 29.0 Å². The molecule has 0 fully saturated rings. The number of nitrogens with zero attached hydrogens (tertiary/aromatic N) is 4. The van der Waals surface area contributed by atoms with E-state index < -0.39 is 0 Å². The fourth-order valence-electron chi connectivity index (χ4n) is 1.97. The van der Waals surface area contributed by atoms with E-state index in [1.165, 1.54) is 0 Å². The van der Waals surface area contributed by atoms with Gasteiger partial charge in [-0.15, -0.1) is 5.11 Å². The largest absolute Gasteiger partial charge is 0.508 e. The fraction of sp³-hybridized carbons (Fsp3) is 0.267. The van der Waals surface area contributed by atoms with Crippen molar-refractivity contribution in [1.82, 2.24) is 4.98 Å². The second-order valence-electron chi connectivity index (χ2n) is 4.49. The normalized spacial score (nSPS) is 12.5. The molecule has 6 heteroatoms. The first-order valence-electron chi connectivity index (χ1n) is 6.68. The van der Waals surface area contributed by atoms with Crippen LogP contribution in [0.5, 0.6) is 5.75 Å². The Hall–Kier alpha value is -1.95. The summed E-state index contributed by atoms with van der Waals surface area (Å²) in [4.78, 5) is 6.20. The van der Waals surface area contributed by atoms with E-state index in [-0.39, 0.29) is 11.9 Å². The number of phenolic OH excluding ortho intramolecular Hbond substituents is 1. The third-order valence-electron chi connectivity index (χ3n) is 2.99. The molecule has 1 aromatic carbocycles. The molecular formula is C15H17BrN4O. The number of benzene rings is 1. The lowest BCUT2D eigenvalue weighted by Gasteiger charge is -2.26. The number of azo groups is 1. The van der Waals surface area contributed by atoms with Crippen molar-refractivity contribution < 1.29 is 5.11 Å². The number of phenols is 1. The average Bonchev–Trinajstić information content (AvgIpc) is 2.47. The third kappa shape index (κ3) is 4.26. The number of hydrogen-bond donors (Lipinski definition) is 1. The average molecular weight is 349 g/mol. The van der Waals surface area contributed by atoms with Crippen molar-refractivity contribution in [2.75, 3.05) is 11.4 Å². The van der Waals surface area contributed by atoms with Crippen molar-refractivity contribution in [3.05, 3.63) is 47.1 Å². The van der Waals surface area contributed by atoms with Crippen LogP contribution in [-0.2, 0) is 0 Å². The van der Waals surface area contributed by atoms with E-state index in [0.717, 1.165) is 16.7 Å². The highest BCUT2D eigenvalue weighted by Crippen LogP contribution is 2.23. The van der Waals surface area contributed by atoms with Gasteiger partial charge in [0.25, 0.3) is 0 Å². The molecule has 1 heterocycles. The van der Waals surface area contributed by atoms with Crippen LogP contribution in [0.15, 0.2) is 57.3 Å². The SMILES string of the molecule is CCN(c1cccc(O)c1)C(C)N=Nc1ccc(Br)cn1. The van der Waals surface area contributed by atoms with E-state index in [2.05, 4.69) is 31.1 Å². The van der Waals surface area contributed by atoms with Gasteiger partial charge in [0.2, 0.25) is 0 Å². The second kappa shape index (κ2) is 7.17. The van der Waals surface area contributed by atoms with Crippen LogP contribution in [0.25, 0.3) is 0 Å². The van der Waals surface area contributed by atoms with E-state index in [9.17, 15) is 5.11 Å². The summed E-state index contributed by atoms with van der Waals surface area (Å²) in [6, 6.07) is 10.8. The molecule has 1 N–H and O–H groups in total. The van der Waals surface area contributed by atoms with Gasteiger partial charge in [0.05, 0.1) is 0 Å². The van der Waals surface area contributed by atoms with Crippen LogP contribution in [0.3, 0.4) is 0 Å². The van der Waals surface area contributed by atoms with Crippen LogP contribution in [0.2, 0.25) is 0 Å². The Morgan fingerprint density at radius 2 is 2.14 bits per heavy atom. The van der Waals surface area contributed by atoms with E-state index >= 15 is 0 Å². The molecule has 0 aliphatic rings. The predicted octanol–water partition coefficient (Wildman–Crippen LogP) is 4.51. The Morgan fingerprint density at radius 3 is 2.76 bits per heavy atom. The maximum atomic E-state index is 9.58. The summed E-state index contributed by atoms with van der Waals surface area (Å²) in [6.07, 6.45) is 1.54. The van der Waals surface area contributed by atoms with E-state index in [4.69, 9.17) is 0 Å². The van der Waals surface area contributed by atoms with Crippen LogP contribution < -0.4 is 4.90 Å². The highest BCUT2D eigenvalue weighted by Gasteiger charge is 2.12. The van der Waals surface area contributed by atoms with Crippen LogP contribution in [-0.4, -0.2) is 22.8 Å². The summed E-state index contributed by atoms with van der Waals surface area (Å²) < 4.78 is 0.907. The number of pyridine rings is 1. The first kappa shape index (κ1) is 15.4. The molecule has 0 aliphatic carbocycles. The highest BCUT2D eigenvalue weighted by molar-refractivity contribution is 9.10. The summed E-state index contributed by atoms with van der Waals surface area (Å²) in [5.74, 6) is 0.807. The quantitative estimate of drug-likeness (QED) is 0.808. The van der Waals surface area contributed by atoms with Gasteiger partial charge >= 0.3 is 0 Å². The van der Waals surface area contributed by atoms with Gasteiger partial charge in [-0.25, -0.2) is 4.98 Å². The minimum absolute atomic E-state index is 0.151. The Kier molecular flexibility index (Phi) is 5.27. The molecule has 1 unspecified atom stereocenters. The molecule has 110 valence electrons. The van der Waals surface area contributed by atoms with Crippen molar-refractivity contribution in [2.45, 2.75) is 20.0 Å². The summed E-state index contributed by atoms with van der Waals surface area (Å²) in [5.41, 5.74) is 0.910. The minimum Gasteiger partial charge on any atom is -0.508 e. The van der Waals surface area contributed by atoms with Gasteiger partial charge in [-0.05, 0) is 54.0 Å². The van der Waals surface area contributed by atoms with Crippen molar-refractivity contribution in [3.8, 4) is 5.75 Å². The van der Waals surface area contributed by atoms with Crippen molar-refractivity contribution >= 4 is 27.4 Å². The number of aromatic hydroxyl groups is 1. The summed E-state index contributed by atoms with van der Waals surface area (Å²) in [5, 5.41) is 18.0. The van der Waals surface area contributed by atoms with Crippen LogP contribution in [0.4, 0.5) is 11.5 Å². The van der Waals surface area contributed by atoms with Gasteiger partial charge in [-0.1, -0.05) is 6.07 Å². The molecule has 0 radical (unpaired) electrons. The summed E-state index contributed by atoms with van der Waals surface area (Å²) in [7, 11) is 0. The van der Waals surface area contributed by atoms with Gasteiger partial charge in [0.15, 0.2) is 5.82 Å². The molecule has 0 spiro atoms. The number of halogens is 1.